The smallest absolute Gasteiger partial charge is 0.335 e. The summed E-state index contributed by atoms with van der Waals surface area (Å²) in [6.45, 7) is 0. The zero-order chi connectivity index (χ0) is 25.9. The maximum atomic E-state index is 11.6. The number of carbonyl (C=O) groups is 1. The van der Waals surface area contributed by atoms with Crippen molar-refractivity contribution < 1.29 is 19.6 Å². The highest BCUT2D eigenvalue weighted by atomic mass is 16.6. The van der Waals surface area contributed by atoms with Gasteiger partial charge in [0.25, 0.3) is 5.69 Å². The van der Waals surface area contributed by atoms with Crippen LogP contribution in [0.4, 0.5) is 5.69 Å². The number of hydrogen-bond acceptors (Lipinski definition) is 4. The van der Waals surface area contributed by atoms with Gasteiger partial charge in [0, 0.05) is 35.7 Å². The van der Waals surface area contributed by atoms with E-state index in [0.717, 1.165) is 33.2 Å². The lowest BCUT2D eigenvalue weighted by atomic mass is 9.98. The minimum atomic E-state index is -1.04. The molecule has 7 nitrogen and oxygen atoms in total. The topological polar surface area (TPSA) is 94.6 Å². The summed E-state index contributed by atoms with van der Waals surface area (Å²) in [4.78, 5) is 22.7. The Hall–Kier alpha value is -4.91. The number of fused-ring (bicyclic) bond motifs is 1. The maximum absolute atomic E-state index is 11.6. The Morgan fingerprint density at radius 2 is 1.57 bits per heavy atom. The Morgan fingerprint density at radius 3 is 2.14 bits per heavy atom. The van der Waals surface area contributed by atoms with E-state index in [4.69, 9.17) is 4.74 Å². The first-order chi connectivity index (χ1) is 18.0. The average Bonchev–Trinajstić information content (AvgIpc) is 3.27. The fourth-order valence-corrected chi connectivity index (χ4v) is 4.79. The molecule has 4 aromatic carbocycles. The van der Waals surface area contributed by atoms with Gasteiger partial charge in [-0.2, -0.15) is 0 Å². The van der Waals surface area contributed by atoms with E-state index in [1.54, 1.807) is 24.3 Å². The van der Waals surface area contributed by atoms with E-state index < -0.39 is 10.9 Å². The van der Waals surface area contributed by atoms with Gasteiger partial charge in [0.1, 0.15) is 5.75 Å². The summed E-state index contributed by atoms with van der Waals surface area (Å²) in [6.07, 6.45) is 2.44. The minimum absolute atomic E-state index is 0.00987. The third kappa shape index (κ3) is 4.67. The van der Waals surface area contributed by atoms with Gasteiger partial charge >= 0.3 is 5.97 Å². The van der Waals surface area contributed by atoms with Crippen LogP contribution in [0.2, 0.25) is 0 Å². The molecular formula is C30H24N2O5. The van der Waals surface area contributed by atoms with Crippen LogP contribution in [0.1, 0.15) is 38.7 Å². The first-order valence-corrected chi connectivity index (χ1v) is 11.7. The summed E-state index contributed by atoms with van der Waals surface area (Å²) in [5, 5.41) is 21.7. The third-order valence-electron chi connectivity index (χ3n) is 6.53. The zero-order valence-corrected chi connectivity index (χ0v) is 20.1. The molecule has 37 heavy (non-hydrogen) atoms. The van der Waals surface area contributed by atoms with E-state index in [1.165, 1.54) is 19.2 Å². The fourth-order valence-electron chi connectivity index (χ4n) is 4.79. The highest BCUT2D eigenvalue weighted by Gasteiger charge is 2.22. The van der Waals surface area contributed by atoms with Crippen LogP contribution in [0, 0.1) is 10.1 Å². The number of hydrogen-bond donors (Lipinski definition) is 1. The molecule has 0 unspecified atom stereocenters. The lowest BCUT2D eigenvalue weighted by Crippen LogP contribution is -2.11. The molecule has 0 atom stereocenters. The summed E-state index contributed by atoms with van der Waals surface area (Å²) in [7, 11) is 1.50. The largest absolute Gasteiger partial charge is 0.496 e. The number of non-ortho nitro benzene ring substituents is 1. The fraction of sp³-hybridized carbons (Fsp3) is 0.100. The van der Waals surface area contributed by atoms with Crippen LogP contribution in [0.5, 0.6) is 5.75 Å². The summed E-state index contributed by atoms with van der Waals surface area (Å²) in [5.41, 5.74) is 4.82. The van der Waals surface area contributed by atoms with Crippen molar-refractivity contribution in [2.75, 3.05) is 7.11 Å². The van der Waals surface area contributed by atoms with Gasteiger partial charge in [0.05, 0.1) is 23.6 Å². The molecule has 1 heterocycles. The third-order valence-corrected chi connectivity index (χ3v) is 6.53. The number of rotatable bonds is 8. The first kappa shape index (κ1) is 23.8. The number of ether oxygens (including phenoxy) is 1. The molecule has 1 aromatic heterocycles. The molecule has 5 aromatic rings. The standard InChI is InChI=1S/C30H24N2O5/c1-37-28-17-23(30(33)34)13-12-22(28)16-24-19-31(27-15-14-25(32(35)36)18-26(24)27)29(20-8-4-2-5-9-20)21-10-6-3-7-11-21/h2-15,17-19,29H,16H2,1H3,(H,33,34). The van der Waals surface area contributed by atoms with Gasteiger partial charge in [-0.1, -0.05) is 66.7 Å². The first-order valence-electron chi connectivity index (χ1n) is 11.7. The predicted molar refractivity (Wildman–Crippen MR) is 141 cm³/mol. The number of benzene rings is 4. The Bertz CT molecular complexity index is 1550. The van der Waals surface area contributed by atoms with Crippen molar-refractivity contribution >= 4 is 22.6 Å². The van der Waals surface area contributed by atoms with Crippen molar-refractivity contribution in [3.63, 3.8) is 0 Å². The van der Waals surface area contributed by atoms with Crippen LogP contribution in [0.25, 0.3) is 10.9 Å². The molecule has 184 valence electrons. The lowest BCUT2D eigenvalue weighted by molar-refractivity contribution is -0.384. The second kappa shape index (κ2) is 9.99. The Balaban J connectivity index is 1.71. The average molecular weight is 493 g/mol. The van der Waals surface area contributed by atoms with Gasteiger partial charge in [-0.05, 0) is 40.5 Å². The number of nitro groups is 1. The predicted octanol–water partition coefficient (Wildman–Crippen LogP) is 6.48. The van der Waals surface area contributed by atoms with Gasteiger partial charge in [0.2, 0.25) is 0 Å². The maximum Gasteiger partial charge on any atom is 0.335 e. The number of aromatic nitrogens is 1. The molecule has 0 saturated carbocycles. The molecular weight excluding hydrogens is 468 g/mol. The van der Waals surface area contributed by atoms with Crippen LogP contribution in [0.15, 0.2) is 103 Å². The van der Waals surface area contributed by atoms with E-state index in [1.807, 2.05) is 42.6 Å². The van der Waals surface area contributed by atoms with Crippen LogP contribution < -0.4 is 4.74 Å². The Morgan fingerprint density at radius 1 is 0.919 bits per heavy atom. The number of nitrogens with zero attached hydrogens (tertiary/aromatic N) is 2. The van der Waals surface area contributed by atoms with E-state index in [0.29, 0.717) is 12.2 Å². The summed E-state index contributed by atoms with van der Waals surface area (Å²) < 4.78 is 7.65. The molecule has 0 aliphatic rings. The van der Waals surface area contributed by atoms with Crippen LogP contribution >= 0.6 is 0 Å². The molecule has 0 amide bonds. The van der Waals surface area contributed by atoms with Crippen molar-refractivity contribution in [3.05, 3.63) is 141 Å². The summed E-state index contributed by atoms with van der Waals surface area (Å²) >= 11 is 0. The van der Waals surface area contributed by atoms with Gasteiger partial charge in [-0.25, -0.2) is 4.79 Å². The van der Waals surface area contributed by atoms with Gasteiger partial charge in [-0.3, -0.25) is 10.1 Å². The lowest BCUT2D eigenvalue weighted by Gasteiger charge is -2.21. The van der Waals surface area contributed by atoms with E-state index in [9.17, 15) is 20.0 Å². The molecule has 5 rings (SSSR count). The second-order valence-corrected chi connectivity index (χ2v) is 8.75. The van der Waals surface area contributed by atoms with Crippen molar-refractivity contribution in [2.45, 2.75) is 12.5 Å². The highest BCUT2D eigenvalue weighted by Crippen LogP contribution is 2.36. The van der Waals surface area contributed by atoms with E-state index >= 15 is 0 Å². The summed E-state index contributed by atoms with van der Waals surface area (Å²) in [6, 6.07) is 29.8. The van der Waals surface area contributed by atoms with Gasteiger partial charge in [0.15, 0.2) is 0 Å². The Labute approximate surface area is 213 Å². The second-order valence-electron chi connectivity index (χ2n) is 8.75. The number of nitro benzene ring substituents is 1. The molecule has 0 fully saturated rings. The van der Waals surface area contributed by atoms with Crippen molar-refractivity contribution in [1.82, 2.24) is 4.57 Å². The Kier molecular flexibility index (Phi) is 6.43. The molecule has 0 bridgehead atoms. The van der Waals surface area contributed by atoms with Gasteiger partial charge < -0.3 is 14.4 Å². The molecule has 0 spiro atoms. The number of aromatic carboxylic acids is 1. The molecule has 1 N–H and O–H groups in total. The zero-order valence-electron chi connectivity index (χ0n) is 20.1. The molecule has 7 heteroatoms. The molecule has 0 aliphatic carbocycles. The molecule has 0 aliphatic heterocycles. The van der Waals surface area contributed by atoms with Crippen LogP contribution in [0.3, 0.4) is 0 Å². The van der Waals surface area contributed by atoms with Crippen molar-refractivity contribution in [3.8, 4) is 5.75 Å². The SMILES string of the molecule is COc1cc(C(=O)O)ccc1Cc1cn(C(c2ccccc2)c2ccccc2)c2ccc([N+](=O)[O-])cc12. The molecule has 0 saturated heterocycles. The molecule has 0 radical (unpaired) electrons. The normalized spacial score (nSPS) is 11.1. The number of carboxylic acids is 1. The van der Waals surface area contributed by atoms with Crippen LogP contribution in [-0.2, 0) is 6.42 Å². The monoisotopic (exact) mass is 492 g/mol. The van der Waals surface area contributed by atoms with Crippen molar-refractivity contribution in [2.24, 2.45) is 0 Å². The van der Waals surface area contributed by atoms with Gasteiger partial charge in [-0.15, -0.1) is 0 Å². The van der Waals surface area contributed by atoms with E-state index in [2.05, 4.69) is 28.8 Å². The summed E-state index contributed by atoms with van der Waals surface area (Å²) in [5.74, 6) is -0.584. The highest BCUT2D eigenvalue weighted by molar-refractivity contribution is 5.89. The van der Waals surface area contributed by atoms with Crippen LogP contribution in [-0.4, -0.2) is 27.7 Å². The number of methoxy groups -OCH3 is 1. The minimum Gasteiger partial charge on any atom is -0.496 e. The van der Waals surface area contributed by atoms with Crippen molar-refractivity contribution in [1.29, 1.82) is 0 Å². The van der Waals surface area contributed by atoms with E-state index in [-0.39, 0.29) is 17.3 Å². The number of carboxylic acid groups (broad SMARTS) is 1. The quantitative estimate of drug-likeness (QED) is 0.197.